The third kappa shape index (κ3) is 4.82. The Labute approximate surface area is 189 Å². The highest BCUT2D eigenvalue weighted by Crippen LogP contribution is 2.09. The van der Waals surface area contributed by atoms with Gasteiger partial charge in [-0.1, -0.05) is 29.8 Å². The Bertz CT molecular complexity index is 1350. The highest BCUT2D eigenvalue weighted by Gasteiger charge is 2.12. The highest BCUT2D eigenvalue weighted by atomic mass is 16.5. The van der Waals surface area contributed by atoms with Crippen molar-refractivity contribution in [1.29, 1.82) is 0 Å². The Morgan fingerprint density at radius 1 is 1.03 bits per heavy atom. The van der Waals surface area contributed by atoms with Crippen molar-refractivity contribution < 1.29 is 14.3 Å². The third-order valence-corrected chi connectivity index (χ3v) is 5.27. The molecule has 0 saturated heterocycles. The molecule has 168 valence electrons. The second-order valence-corrected chi connectivity index (χ2v) is 7.59. The normalized spacial score (nSPS) is 10.8. The first kappa shape index (κ1) is 21.9. The van der Waals surface area contributed by atoms with Crippen molar-refractivity contribution in [3.8, 4) is 0 Å². The summed E-state index contributed by atoms with van der Waals surface area (Å²) in [5.41, 5.74) is 3.27. The molecule has 0 atom stereocenters. The van der Waals surface area contributed by atoms with E-state index in [0.29, 0.717) is 41.8 Å². The monoisotopic (exact) mass is 445 g/mol. The van der Waals surface area contributed by atoms with E-state index in [1.54, 1.807) is 21.4 Å². The van der Waals surface area contributed by atoms with Gasteiger partial charge in [-0.3, -0.25) is 14.2 Å². The Kier molecular flexibility index (Phi) is 6.30. The number of hydrogen-bond acceptors (Lipinski definition) is 6. The lowest BCUT2D eigenvalue weighted by molar-refractivity contribution is 0.0600. The molecule has 4 aromatic rings. The molecule has 9 nitrogen and oxygen atoms in total. The minimum atomic E-state index is -0.460. The topological polar surface area (TPSA) is 108 Å². The van der Waals surface area contributed by atoms with Crippen molar-refractivity contribution >= 4 is 22.9 Å². The largest absolute Gasteiger partial charge is 0.465 e. The molecular formula is C24H23N5O4. The molecule has 2 aromatic heterocycles. The average molecular weight is 445 g/mol. The van der Waals surface area contributed by atoms with Crippen LogP contribution >= 0.6 is 0 Å². The van der Waals surface area contributed by atoms with E-state index in [1.807, 2.05) is 31.2 Å². The maximum Gasteiger partial charge on any atom is 0.337 e. The van der Waals surface area contributed by atoms with E-state index in [0.717, 1.165) is 11.1 Å². The van der Waals surface area contributed by atoms with E-state index in [2.05, 4.69) is 20.1 Å². The van der Waals surface area contributed by atoms with Gasteiger partial charge in [0.15, 0.2) is 5.65 Å². The van der Waals surface area contributed by atoms with E-state index in [-0.39, 0.29) is 11.5 Å². The Morgan fingerprint density at radius 3 is 2.42 bits per heavy atom. The fourth-order valence-electron chi connectivity index (χ4n) is 3.42. The first-order valence-corrected chi connectivity index (χ1v) is 10.4. The van der Waals surface area contributed by atoms with Crippen molar-refractivity contribution in [2.24, 2.45) is 0 Å². The number of rotatable bonds is 7. The SMILES string of the molecule is COC(=O)c1ccc(C(=O)NCCn2ncc3c(=O)n(Cc4ccc(C)cc4)cnc32)cc1. The molecule has 0 spiro atoms. The van der Waals surface area contributed by atoms with Crippen molar-refractivity contribution in [3.05, 3.63) is 93.7 Å². The zero-order chi connectivity index (χ0) is 23.4. The minimum Gasteiger partial charge on any atom is -0.465 e. The van der Waals surface area contributed by atoms with Crippen LogP contribution in [0.2, 0.25) is 0 Å². The zero-order valence-corrected chi connectivity index (χ0v) is 18.3. The van der Waals surface area contributed by atoms with Crippen molar-refractivity contribution in [2.45, 2.75) is 20.0 Å². The number of methoxy groups -OCH3 is 1. The zero-order valence-electron chi connectivity index (χ0n) is 18.3. The highest BCUT2D eigenvalue weighted by molar-refractivity contribution is 5.96. The summed E-state index contributed by atoms with van der Waals surface area (Å²) in [5, 5.41) is 7.49. The molecule has 2 aromatic carbocycles. The van der Waals surface area contributed by atoms with Crippen LogP contribution in [0.15, 0.2) is 65.8 Å². The van der Waals surface area contributed by atoms with E-state index < -0.39 is 5.97 Å². The smallest absolute Gasteiger partial charge is 0.337 e. The van der Waals surface area contributed by atoms with Gasteiger partial charge in [-0.2, -0.15) is 5.10 Å². The summed E-state index contributed by atoms with van der Waals surface area (Å²) in [7, 11) is 1.30. The van der Waals surface area contributed by atoms with E-state index in [4.69, 9.17) is 0 Å². The molecule has 1 N–H and O–H groups in total. The number of benzene rings is 2. The average Bonchev–Trinajstić information content (AvgIpc) is 3.25. The number of nitrogens with one attached hydrogen (secondary N) is 1. The Balaban J connectivity index is 1.40. The van der Waals surface area contributed by atoms with Gasteiger partial charge in [0.25, 0.3) is 11.5 Å². The van der Waals surface area contributed by atoms with Gasteiger partial charge in [0, 0.05) is 12.1 Å². The number of aromatic nitrogens is 4. The number of fused-ring (bicyclic) bond motifs is 1. The number of carbonyl (C=O) groups excluding carboxylic acids is 2. The molecule has 33 heavy (non-hydrogen) atoms. The lowest BCUT2D eigenvalue weighted by Crippen LogP contribution is -2.28. The van der Waals surface area contributed by atoms with Crippen molar-refractivity contribution in [2.75, 3.05) is 13.7 Å². The molecule has 0 fully saturated rings. The predicted molar refractivity (Wildman–Crippen MR) is 122 cm³/mol. The Hall–Kier alpha value is -4.27. The molecule has 1 amide bonds. The molecule has 9 heteroatoms. The number of carbonyl (C=O) groups is 2. The van der Waals surface area contributed by atoms with Gasteiger partial charge in [-0.05, 0) is 36.8 Å². The maximum absolute atomic E-state index is 12.8. The van der Waals surface area contributed by atoms with E-state index >= 15 is 0 Å². The molecule has 0 bridgehead atoms. The standard InChI is InChI=1S/C24H23N5O4/c1-16-3-5-17(6-4-16)14-28-15-26-21-20(23(28)31)13-27-29(21)12-11-25-22(30)18-7-9-19(10-8-18)24(32)33-2/h3-10,13,15H,11-12,14H2,1-2H3,(H,25,30). The summed E-state index contributed by atoms with van der Waals surface area (Å²) in [6, 6.07) is 14.2. The number of hydrogen-bond donors (Lipinski definition) is 1. The van der Waals surface area contributed by atoms with Crippen LogP contribution in [-0.2, 0) is 17.8 Å². The molecular weight excluding hydrogens is 422 g/mol. The van der Waals surface area contributed by atoms with Crippen LogP contribution in [0.3, 0.4) is 0 Å². The molecule has 0 aliphatic heterocycles. The summed E-state index contributed by atoms with van der Waals surface area (Å²) in [4.78, 5) is 41.1. The summed E-state index contributed by atoms with van der Waals surface area (Å²) in [6.45, 7) is 3.09. The molecule has 0 saturated carbocycles. The summed E-state index contributed by atoms with van der Waals surface area (Å²) in [6.07, 6.45) is 3.02. The van der Waals surface area contributed by atoms with Gasteiger partial charge in [0.2, 0.25) is 0 Å². The molecule has 0 aliphatic carbocycles. The quantitative estimate of drug-likeness (QED) is 0.437. The first-order chi connectivity index (χ1) is 16.0. The molecule has 4 rings (SSSR count). The molecule has 0 radical (unpaired) electrons. The molecule has 2 heterocycles. The fraction of sp³-hybridized carbons (Fsp3) is 0.208. The maximum atomic E-state index is 12.8. The lowest BCUT2D eigenvalue weighted by atomic mass is 10.1. The van der Waals surface area contributed by atoms with Crippen LogP contribution in [0, 0.1) is 6.92 Å². The predicted octanol–water partition coefficient (Wildman–Crippen LogP) is 2.17. The van der Waals surface area contributed by atoms with Gasteiger partial charge in [-0.15, -0.1) is 0 Å². The third-order valence-electron chi connectivity index (χ3n) is 5.27. The number of amides is 1. The van der Waals surface area contributed by atoms with Crippen LogP contribution in [0.5, 0.6) is 0 Å². The summed E-state index contributed by atoms with van der Waals surface area (Å²) >= 11 is 0. The van der Waals surface area contributed by atoms with Crippen LogP contribution in [0.25, 0.3) is 11.0 Å². The van der Waals surface area contributed by atoms with Gasteiger partial charge in [0.05, 0.1) is 32.0 Å². The second kappa shape index (κ2) is 9.47. The fourth-order valence-corrected chi connectivity index (χ4v) is 3.42. The molecule has 0 unspecified atom stereocenters. The van der Waals surface area contributed by atoms with Gasteiger partial charge in [0.1, 0.15) is 11.7 Å². The van der Waals surface area contributed by atoms with Crippen LogP contribution in [-0.4, -0.2) is 44.9 Å². The number of nitrogens with zero attached hydrogens (tertiary/aromatic N) is 4. The van der Waals surface area contributed by atoms with Gasteiger partial charge >= 0.3 is 5.97 Å². The van der Waals surface area contributed by atoms with Crippen LogP contribution < -0.4 is 10.9 Å². The number of aryl methyl sites for hydroxylation is 1. The van der Waals surface area contributed by atoms with Gasteiger partial charge in [-0.25, -0.2) is 14.5 Å². The van der Waals surface area contributed by atoms with E-state index in [1.165, 1.54) is 31.8 Å². The Morgan fingerprint density at radius 2 is 1.73 bits per heavy atom. The van der Waals surface area contributed by atoms with Crippen LogP contribution in [0.1, 0.15) is 31.8 Å². The summed E-state index contributed by atoms with van der Waals surface area (Å²) < 4.78 is 7.79. The van der Waals surface area contributed by atoms with Crippen molar-refractivity contribution in [1.82, 2.24) is 24.6 Å². The van der Waals surface area contributed by atoms with Crippen LogP contribution in [0.4, 0.5) is 0 Å². The lowest BCUT2D eigenvalue weighted by Gasteiger charge is -2.08. The second-order valence-electron chi connectivity index (χ2n) is 7.59. The number of ether oxygens (including phenoxy) is 1. The minimum absolute atomic E-state index is 0.165. The molecule has 0 aliphatic rings. The first-order valence-electron chi connectivity index (χ1n) is 10.4. The number of esters is 1. The summed E-state index contributed by atoms with van der Waals surface area (Å²) in [5.74, 6) is -0.741. The van der Waals surface area contributed by atoms with E-state index in [9.17, 15) is 14.4 Å². The van der Waals surface area contributed by atoms with Gasteiger partial charge < -0.3 is 10.1 Å². The van der Waals surface area contributed by atoms with Crippen molar-refractivity contribution in [3.63, 3.8) is 0 Å².